The minimum absolute atomic E-state index is 0.0234. The molecule has 0 saturated heterocycles. The molecule has 5 N–H and O–H groups in total. The highest BCUT2D eigenvalue weighted by atomic mass is 16.5. The molecule has 1 amide bonds. The molecule has 51 heavy (non-hydrogen) atoms. The summed E-state index contributed by atoms with van der Waals surface area (Å²) in [5.74, 6) is 4.99. The van der Waals surface area contributed by atoms with Crippen molar-refractivity contribution in [2.45, 2.75) is 182 Å². The molecule has 4 rings (SSSR count). The van der Waals surface area contributed by atoms with Crippen LogP contribution in [-0.2, 0) is 14.3 Å². The van der Waals surface area contributed by atoms with Crippen LogP contribution in [0, 0.1) is 46.3 Å². The molecule has 3 saturated carbocycles. The van der Waals surface area contributed by atoms with Crippen LogP contribution >= 0.6 is 0 Å². The molecule has 294 valence electrons. The average Bonchev–Trinajstić information content (AvgIpc) is 3.42. The number of amides is 1. The normalized spacial score (nSPS) is 32.0. The van der Waals surface area contributed by atoms with Crippen LogP contribution in [0.15, 0.2) is 11.6 Å². The Balaban J connectivity index is 1.22. The van der Waals surface area contributed by atoms with Crippen LogP contribution in [0.5, 0.6) is 0 Å². The summed E-state index contributed by atoms with van der Waals surface area (Å²) in [6.45, 7) is 19.8. The van der Waals surface area contributed by atoms with Crippen molar-refractivity contribution in [2.75, 3.05) is 26.2 Å². The number of hydrogen-bond acceptors (Lipinski definition) is 6. The number of nitrogens with two attached hydrogens (primary N) is 2. The van der Waals surface area contributed by atoms with Gasteiger partial charge in [-0.25, -0.2) is 0 Å². The molecule has 0 aliphatic heterocycles. The predicted octanol–water partition coefficient (Wildman–Crippen LogP) is 8.78. The first-order valence-electron chi connectivity index (χ1n) is 21.6. The molecule has 10 atom stereocenters. The van der Waals surface area contributed by atoms with Gasteiger partial charge < -0.3 is 26.4 Å². The number of nitrogens with one attached hydrogen (secondary N) is 1. The van der Waals surface area contributed by atoms with E-state index in [9.17, 15) is 9.59 Å². The SMILES string of the molecule is CC(C)CCCC(C)[C@H]1CC[C@H]2[C@@H]3CC=C4C[C@@H](OC(=O)CCCC(=O)N(CCCCNCCC(C)N)CCC(C)N)CC[C@]4(C)[C@H]3CC[C@]12C. The van der Waals surface area contributed by atoms with Gasteiger partial charge in [0.15, 0.2) is 0 Å². The fourth-order valence-electron chi connectivity index (χ4n) is 11.3. The van der Waals surface area contributed by atoms with Gasteiger partial charge in [0.25, 0.3) is 0 Å². The highest BCUT2D eigenvalue weighted by Gasteiger charge is 2.59. The van der Waals surface area contributed by atoms with E-state index in [2.05, 4.69) is 46.0 Å². The second-order valence-electron chi connectivity index (χ2n) is 18.9. The molecule has 0 heterocycles. The first-order valence-corrected chi connectivity index (χ1v) is 21.6. The summed E-state index contributed by atoms with van der Waals surface area (Å²) in [7, 11) is 0. The van der Waals surface area contributed by atoms with Crippen molar-refractivity contribution < 1.29 is 14.3 Å². The molecule has 3 fully saturated rings. The van der Waals surface area contributed by atoms with Gasteiger partial charge in [-0.1, -0.05) is 65.5 Å². The number of hydrogen-bond donors (Lipinski definition) is 3. The Hall–Kier alpha value is -1.44. The van der Waals surface area contributed by atoms with E-state index in [0.717, 1.165) is 100 Å². The minimum atomic E-state index is -0.140. The number of rotatable bonds is 21. The third-order valence-electron chi connectivity index (χ3n) is 14.3. The van der Waals surface area contributed by atoms with Gasteiger partial charge >= 0.3 is 5.97 Å². The largest absolute Gasteiger partial charge is 0.462 e. The van der Waals surface area contributed by atoms with Crippen LogP contribution < -0.4 is 16.8 Å². The lowest BCUT2D eigenvalue weighted by molar-refractivity contribution is -0.151. The van der Waals surface area contributed by atoms with E-state index >= 15 is 0 Å². The number of allylic oxidation sites excluding steroid dienone is 1. The van der Waals surface area contributed by atoms with Crippen LogP contribution in [0.2, 0.25) is 0 Å². The number of carbonyl (C=O) groups excluding carboxylic acids is 2. The standard InChI is InChI=1S/C44H80N4O3/c1-31(2)12-10-13-32(3)38-18-19-39-37-17-16-35-30-36(20-24-43(35,6)40(37)21-25-44(38,39)7)51-42(50)15-11-14-41(49)48(29-23-34(5)46)28-9-8-26-47-27-22-33(4)45/h16,31-34,36-40,47H,8-15,17-30,45-46H2,1-7H3/t32?,33?,34?,36-,37-,38+,39-,40-,43-,44+/m0/s1. The van der Waals surface area contributed by atoms with E-state index in [1.165, 1.54) is 51.4 Å². The second-order valence-corrected chi connectivity index (χ2v) is 18.9. The van der Waals surface area contributed by atoms with Crippen molar-refractivity contribution in [1.82, 2.24) is 10.2 Å². The van der Waals surface area contributed by atoms with Gasteiger partial charge in [0.1, 0.15) is 6.10 Å². The van der Waals surface area contributed by atoms with E-state index in [1.54, 1.807) is 5.57 Å². The van der Waals surface area contributed by atoms with Crippen molar-refractivity contribution in [1.29, 1.82) is 0 Å². The molecule has 0 spiro atoms. The number of fused-ring (bicyclic) bond motifs is 5. The number of unbranched alkanes of at least 4 members (excludes halogenated alkanes) is 1. The van der Waals surface area contributed by atoms with E-state index in [0.29, 0.717) is 31.2 Å². The van der Waals surface area contributed by atoms with E-state index < -0.39 is 0 Å². The minimum Gasteiger partial charge on any atom is -0.462 e. The summed E-state index contributed by atoms with van der Waals surface area (Å²) in [5, 5.41) is 3.44. The quantitative estimate of drug-likeness (QED) is 0.0624. The van der Waals surface area contributed by atoms with Crippen molar-refractivity contribution in [3.8, 4) is 0 Å². The van der Waals surface area contributed by atoms with Gasteiger partial charge in [-0.15, -0.1) is 0 Å². The lowest BCUT2D eigenvalue weighted by Crippen LogP contribution is -2.51. The zero-order valence-electron chi connectivity index (χ0n) is 34.2. The van der Waals surface area contributed by atoms with Crippen LogP contribution in [0.25, 0.3) is 0 Å². The van der Waals surface area contributed by atoms with Crippen LogP contribution in [0.4, 0.5) is 0 Å². The topological polar surface area (TPSA) is 111 Å². The van der Waals surface area contributed by atoms with Gasteiger partial charge in [0, 0.05) is 44.4 Å². The third kappa shape index (κ3) is 11.5. The molecule has 0 aromatic heterocycles. The Bertz CT molecular complexity index is 1120. The lowest BCUT2D eigenvalue weighted by atomic mass is 9.47. The first kappa shape index (κ1) is 42.3. The smallest absolute Gasteiger partial charge is 0.306 e. The Morgan fingerprint density at radius 3 is 2.33 bits per heavy atom. The third-order valence-corrected chi connectivity index (χ3v) is 14.3. The van der Waals surface area contributed by atoms with Crippen molar-refractivity contribution >= 4 is 11.9 Å². The van der Waals surface area contributed by atoms with Crippen molar-refractivity contribution in [3.05, 3.63) is 11.6 Å². The summed E-state index contributed by atoms with van der Waals surface area (Å²) in [5.41, 5.74) is 14.2. The maximum absolute atomic E-state index is 13.2. The Morgan fingerprint density at radius 2 is 1.61 bits per heavy atom. The van der Waals surface area contributed by atoms with Gasteiger partial charge in [-0.2, -0.15) is 0 Å². The Kier molecular flexibility index (Phi) is 16.4. The molecule has 7 nitrogen and oxygen atoms in total. The molecule has 4 aliphatic carbocycles. The molecule has 0 aromatic rings. The average molecular weight is 713 g/mol. The maximum atomic E-state index is 13.2. The van der Waals surface area contributed by atoms with Crippen LogP contribution in [0.1, 0.15) is 164 Å². The molecular weight excluding hydrogens is 633 g/mol. The highest BCUT2D eigenvalue weighted by Crippen LogP contribution is 2.67. The molecule has 7 heteroatoms. The lowest BCUT2D eigenvalue weighted by Gasteiger charge is -2.58. The van der Waals surface area contributed by atoms with Crippen LogP contribution in [-0.4, -0.2) is 61.1 Å². The Morgan fingerprint density at radius 1 is 0.843 bits per heavy atom. The van der Waals surface area contributed by atoms with Gasteiger partial charge in [0.05, 0.1) is 0 Å². The van der Waals surface area contributed by atoms with E-state index in [-0.39, 0.29) is 35.5 Å². The zero-order chi connectivity index (χ0) is 37.2. The van der Waals surface area contributed by atoms with Crippen molar-refractivity contribution in [2.24, 2.45) is 57.8 Å². The summed E-state index contributed by atoms with van der Waals surface area (Å²) in [6.07, 6.45) is 21.5. The fraction of sp³-hybridized carbons (Fsp3) is 0.909. The van der Waals surface area contributed by atoms with Gasteiger partial charge in [-0.05, 0) is 150 Å². The maximum Gasteiger partial charge on any atom is 0.306 e. The second kappa shape index (κ2) is 19.8. The summed E-state index contributed by atoms with van der Waals surface area (Å²) >= 11 is 0. The molecule has 3 unspecified atom stereocenters. The van der Waals surface area contributed by atoms with E-state index in [1.807, 2.05) is 18.7 Å². The molecule has 0 aromatic carbocycles. The van der Waals surface area contributed by atoms with Crippen LogP contribution in [0.3, 0.4) is 0 Å². The Labute approximate surface area is 313 Å². The molecular formula is C44H80N4O3. The predicted molar refractivity (Wildman–Crippen MR) is 212 cm³/mol. The number of esters is 1. The summed E-state index contributed by atoms with van der Waals surface area (Å²) in [4.78, 5) is 28.2. The van der Waals surface area contributed by atoms with E-state index in [4.69, 9.17) is 16.2 Å². The zero-order valence-corrected chi connectivity index (χ0v) is 34.2. The number of nitrogens with zero attached hydrogens (tertiary/aromatic N) is 1. The van der Waals surface area contributed by atoms with Crippen molar-refractivity contribution in [3.63, 3.8) is 0 Å². The van der Waals surface area contributed by atoms with Gasteiger partial charge in [-0.3, -0.25) is 9.59 Å². The monoisotopic (exact) mass is 713 g/mol. The molecule has 0 bridgehead atoms. The molecule has 0 radical (unpaired) electrons. The highest BCUT2D eigenvalue weighted by molar-refractivity contribution is 5.77. The number of carbonyl (C=O) groups is 2. The molecule has 4 aliphatic rings. The van der Waals surface area contributed by atoms with Gasteiger partial charge in [0.2, 0.25) is 5.91 Å². The fourth-order valence-corrected chi connectivity index (χ4v) is 11.3. The summed E-state index contributed by atoms with van der Waals surface area (Å²) < 4.78 is 6.11. The first-order chi connectivity index (χ1) is 24.2. The number of ether oxygens (including phenoxy) is 1. The summed E-state index contributed by atoms with van der Waals surface area (Å²) in [6, 6.07) is 0.276.